The van der Waals surface area contributed by atoms with Crippen LogP contribution in [0.3, 0.4) is 0 Å². The number of aromatic nitrogens is 4. The molecule has 25 heavy (non-hydrogen) atoms. The van der Waals surface area contributed by atoms with Gasteiger partial charge in [-0.05, 0) is 12.5 Å². The largest absolute Gasteiger partial charge is 0.395 e. The van der Waals surface area contributed by atoms with Gasteiger partial charge < -0.3 is 15.4 Å². The molecule has 3 rings (SSSR count). The van der Waals surface area contributed by atoms with Gasteiger partial charge in [0, 0.05) is 24.2 Å². The van der Waals surface area contributed by atoms with Gasteiger partial charge in [-0.2, -0.15) is 5.10 Å². The second-order valence-electron chi connectivity index (χ2n) is 6.18. The number of nitrogens with two attached hydrogens (primary N) is 1. The van der Waals surface area contributed by atoms with Crippen LogP contribution < -0.4 is 5.73 Å². The summed E-state index contributed by atoms with van der Waals surface area (Å²) in [7, 11) is 0. The van der Waals surface area contributed by atoms with Gasteiger partial charge in [0.05, 0.1) is 37.4 Å². The van der Waals surface area contributed by atoms with Gasteiger partial charge in [-0.25, -0.2) is 9.67 Å². The lowest BCUT2D eigenvalue weighted by atomic mass is 10.2. The van der Waals surface area contributed by atoms with Gasteiger partial charge in [0.1, 0.15) is 5.15 Å². The van der Waals surface area contributed by atoms with Crippen LogP contribution in [-0.4, -0.2) is 37.1 Å². The van der Waals surface area contributed by atoms with Gasteiger partial charge in [0.2, 0.25) is 0 Å². The highest BCUT2D eigenvalue weighted by Crippen LogP contribution is 2.22. The molecule has 3 aromatic rings. The Morgan fingerprint density at radius 1 is 1.24 bits per heavy atom. The minimum absolute atomic E-state index is 0.0515. The van der Waals surface area contributed by atoms with Crippen molar-refractivity contribution < 1.29 is 5.11 Å². The number of aliphatic hydroxyl groups is 1. The third kappa shape index (κ3) is 4.28. The van der Waals surface area contributed by atoms with E-state index < -0.39 is 0 Å². The Bertz CT molecular complexity index is 827. The van der Waals surface area contributed by atoms with E-state index in [1.807, 2.05) is 40.6 Å². The summed E-state index contributed by atoms with van der Waals surface area (Å²) in [6, 6.07) is 9.82. The fourth-order valence-corrected chi connectivity index (χ4v) is 3.04. The highest BCUT2D eigenvalue weighted by atomic mass is 35.5. The predicted molar refractivity (Wildman–Crippen MR) is 97.6 cm³/mol. The molecule has 0 saturated carbocycles. The summed E-state index contributed by atoms with van der Waals surface area (Å²) in [5, 5.41) is 14.3. The number of imidazole rings is 1. The first-order valence-electron chi connectivity index (χ1n) is 8.19. The molecule has 3 N–H and O–H groups in total. The van der Waals surface area contributed by atoms with E-state index in [0.717, 1.165) is 22.5 Å². The molecule has 7 heteroatoms. The SMILES string of the molecule is Cc1nn(Cc2ccccc2)c(Cl)c1Cn1cnc(C[C@H](N)CO)c1. The predicted octanol–water partition coefficient (Wildman–Crippen LogP) is 2.00. The molecule has 132 valence electrons. The fraction of sp³-hybridized carbons (Fsp3) is 0.333. The first-order chi connectivity index (χ1) is 12.1. The lowest BCUT2D eigenvalue weighted by molar-refractivity contribution is 0.264. The molecule has 0 aliphatic carbocycles. The third-order valence-corrected chi connectivity index (χ3v) is 4.51. The Labute approximate surface area is 151 Å². The molecule has 0 bridgehead atoms. The molecular formula is C18H22ClN5O. The van der Waals surface area contributed by atoms with Crippen molar-refractivity contribution in [2.75, 3.05) is 6.61 Å². The van der Waals surface area contributed by atoms with Crippen LogP contribution >= 0.6 is 11.6 Å². The van der Waals surface area contributed by atoms with E-state index in [0.29, 0.717) is 24.7 Å². The van der Waals surface area contributed by atoms with Crippen molar-refractivity contribution in [1.29, 1.82) is 0 Å². The average molecular weight is 360 g/mol. The topological polar surface area (TPSA) is 81.9 Å². The fourth-order valence-electron chi connectivity index (χ4n) is 2.75. The summed E-state index contributed by atoms with van der Waals surface area (Å²) in [6.45, 7) is 3.15. The average Bonchev–Trinajstić information content (AvgIpc) is 3.15. The number of hydrogen-bond acceptors (Lipinski definition) is 4. The molecule has 0 saturated heterocycles. The van der Waals surface area contributed by atoms with E-state index in [1.165, 1.54) is 0 Å². The summed E-state index contributed by atoms with van der Waals surface area (Å²) in [4.78, 5) is 4.34. The number of halogens is 1. The molecule has 6 nitrogen and oxygen atoms in total. The minimum atomic E-state index is -0.290. The van der Waals surface area contributed by atoms with Crippen LogP contribution in [0.1, 0.15) is 22.5 Å². The summed E-state index contributed by atoms with van der Waals surface area (Å²) in [6.07, 6.45) is 4.23. The van der Waals surface area contributed by atoms with Gasteiger partial charge in [-0.3, -0.25) is 0 Å². The standard InChI is InChI=1S/C18H22ClN5O/c1-13-17(10-23-9-16(21-12-23)7-15(20)11-25)18(19)24(22-13)8-14-5-3-2-4-6-14/h2-6,9,12,15,25H,7-8,10-11,20H2,1H3/t15-/m0/s1. The first-order valence-corrected chi connectivity index (χ1v) is 8.57. The second-order valence-corrected chi connectivity index (χ2v) is 6.54. The van der Waals surface area contributed by atoms with Crippen LogP contribution in [0.4, 0.5) is 0 Å². The van der Waals surface area contributed by atoms with Gasteiger partial charge in [-0.1, -0.05) is 41.9 Å². The van der Waals surface area contributed by atoms with Crippen LogP contribution in [0.5, 0.6) is 0 Å². The molecule has 0 fully saturated rings. The monoisotopic (exact) mass is 359 g/mol. The molecule has 0 aliphatic heterocycles. The molecule has 0 radical (unpaired) electrons. The van der Waals surface area contributed by atoms with Crippen LogP contribution in [0.15, 0.2) is 42.9 Å². The summed E-state index contributed by atoms with van der Waals surface area (Å²) in [5.74, 6) is 0. The van der Waals surface area contributed by atoms with Crippen molar-refractivity contribution in [1.82, 2.24) is 19.3 Å². The zero-order valence-corrected chi connectivity index (χ0v) is 14.9. The number of hydrogen-bond donors (Lipinski definition) is 2. The van der Waals surface area contributed by atoms with Gasteiger partial charge in [0.25, 0.3) is 0 Å². The molecule has 0 aliphatic rings. The molecule has 0 amide bonds. The molecule has 1 atom stereocenters. The van der Waals surface area contributed by atoms with Crippen LogP contribution in [0.25, 0.3) is 0 Å². The molecule has 1 aromatic carbocycles. The van der Waals surface area contributed by atoms with Crippen LogP contribution in [0.2, 0.25) is 5.15 Å². The zero-order chi connectivity index (χ0) is 17.8. The van der Waals surface area contributed by atoms with Crippen molar-refractivity contribution in [2.45, 2.75) is 32.5 Å². The van der Waals surface area contributed by atoms with Crippen molar-refractivity contribution in [3.05, 3.63) is 70.5 Å². The van der Waals surface area contributed by atoms with Gasteiger partial charge in [0.15, 0.2) is 0 Å². The maximum atomic E-state index is 9.05. The Morgan fingerprint density at radius 2 is 2.00 bits per heavy atom. The Morgan fingerprint density at radius 3 is 2.72 bits per heavy atom. The van der Waals surface area contributed by atoms with Crippen LogP contribution in [0, 0.1) is 6.92 Å². The maximum absolute atomic E-state index is 9.05. The highest BCUT2D eigenvalue weighted by molar-refractivity contribution is 6.30. The number of nitrogens with zero attached hydrogens (tertiary/aromatic N) is 4. The molecule has 0 unspecified atom stereocenters. The van der Waals surface area contributed by atoms with E-state index in [-0.39, 0.29) is 12.6 Å². The number of aryl methyl sites for hydroxylation is 1. The van der Waals surface area contributed by atoms with Crippen molar-refractivity contribution >= 4 is 11.6 Å². The van der Waals surface area contributed by atoms with E-state index in [2.05, 4.69) is 22.2 Å². The Hall–Kier alpha value is -2.15. The second kappa shape index (κ2) is 7.82. The normalized spacial score (nSPS) is 12.5. The third-order valence-electron chi connectivity index (χ3n) is 4.09. The Balaban J connectivity index is 1.75. The van der Waals surface area contributed by atoms with E-state index in [4.69, 9.17) is 22.4 Å². The van der Waals surface area contributed by atoms with E-state index in [9.17, 15) is 0 Å². The molecule has 2 heterocycles. The minimum Gasteiger partial charge on any atom is -0.395 e. The summed E-state index contributed by atoms with van der Waals surface area (Å²) < 4.78 is 3.78. The highest BCUT2D eigenvalue weighted by Gasteiger charge is 2.15. The lowest BCUT2D eigenvalue weighted by Crippen LogP contribution is -2.26. The number of benzene rings is 1. The molecule has 2 aromatic heterocycles. The van der Waals surface area contributed by atoms with Crippen LogP contribution in [-0.2, 0) is 19.5 Å². The van der Waals surface area contributed by atoms with E-state index in [1.54, 1.807) is 6.33 Å². The van der Waals surface area contributed by atoms with E-state index >= 15 is 0 Å². The summed E-state index contributed by atoms with van der Waals surface area (Å²) in [5.41, 5.74) is 9.65. The molecular weight excluding hydrogens is 338 g/mol. The molecule has 0 spiro atoms. The number of aliphatic hydroxyl groups excluding tert-OH is 1. The Kier molecular flexibility index (Phi) is 5.53. The zero-order valence-electron chi connectivity index (χ0n) is 14.1. The quantitative estimate of drug-likeness (QED) is 0.676. The first kappa shape index (κ1) is 17.7. The lowest BCUT2D eigenvalue weighted by Gasteiger charge is -2.05. The van der Waals surface area contributed by atoms with Gasteiger partial charge in [-0.15, -0.1) is 0 Å². The maximum Gasteiger partial charge on any atom is 0.132 e. The van der Waals surface area contributed by atoms with Crippen molar-refractivity contribution in [3.63, 3.8) is 0 Å². The smallest absolute Gasteiger partial charge is 0.132 e. The van der Waals surface area contributed by atoms with Crippen molar-refractivity contribution in [2.24, 2.45) is 5.73 Å². The number of rotatable bonds is 7. The van der Waals surface area contributed by atoms with Gasteiger partial charge >= 0.3 is 0 Å². The summed E-state index contributed by atoms with van der Waals surface area (Å²) >= 11 is 6.56. The van der Waals surface area contributed by atoms with Crippen molar-refractivity contribution in [3.8, 4) is 0 Å².